The Morgan fingerprint density at radius 3 is 2.70 bits per heavy atom. The zero-order chi connectivity index (χ0) is 15.1. The van der Waals surface area contributed by atoms with Crippen LogP contribution >= 0.6 is 0 Å². The van der Waals surface area contributed by atoms with Crippen molar-refractivity contribution in [2.45, 2.75) is 39.3 Å². The molecule has 2 rings (SSSR count). The molecule has 4 nitrogen and oxygen atoms in total. The molecular formula is C15H20FNO3. The van der Waals surface area contributed by atoms with Crippen LogP contribution in [0.3, 0.4) is 0 Å². The molecule has 0 aliphatic carbocycles. The van der Waals surface area contributed by atoms with Gasteiger partial charge in [0.15, 0.2) is 0 Å². The summed E-state index contributed by atoms with van der Waals surface area (Å²) in [5, 5.41) is 9.44. The van der Waals surface area contributed by atoms with Crippen molar-refractivity contribution in [1.82, 2.24) is 0 Å². The Bertz CT molecular complexity index is 528. The van der Waals surface area contributed by atoms with Crippen LogP contribution in [0.1, 0.15) is 27.7 Å². The average molecular weight is 281 g/mol. The van der Waals surface area contributed by atoms with Gasteiger partial charge >= 0.3 is 5.97 Å². The van der Waals surface area contributed by atoms with Gasteiger partial charge in [0.1, 0.15) is 23.2 Å². The lowest BCUT2D eigenvalue weighted by molar-refractivity contribution is -0.142. The van der Waals surface area contributed by atoms with Crippen LogP contribution in [0.5, 0.6) is 5.75 Å². The van der Waals surface area contributed by atoms with Gasteiger partial charge in [0.2, 0.25) is 0 Å². The third-order valence-electron chi connectivity index (χ3n) is 3.79. The third kappa shape index (κ3) is 2.44. The van der Waals surface area contributed by atoms with E-state index < -0.39 is 17.3 Å². The summed E-state index contributed by atoms with van der Waals surface area (Å²) in [6.45, 7) is 7.70. The predicted octanol–water partition coefficient (Wildman–Crippen LogP) is 2.91. The third-order valence-corrected chi connectivity index (χ3v) is 3.79. The summed E-state index contributed by atoms with van der Waals surface area (Å²) in [6.07, 6.45) is -0.119. The first kappa shape index (κ1) is 14.6. The van der Waals surface area contributed by atoms with Crippen molar-refractivity contribution >= 4 is 11.7 Å². The Kier molecular flexibility index (Phi) is 3.63. The van der Waals surface area contributed by atoms with Crippen LogP contribution in [-0.4, -0.2) is 29.3 Å². The fraction of sp³-hybridized carbons (Fsp3) is 0.533. The van der Waals surface area contributed by atoms with Crippen molar-refractivity contribution in [3.63, 3.8) is 0 Å². The van der Waals surface area contributed by atoms with Crippen LogP contribution < -0.4 is 9.64 Å². The highest BCUT2D eigenvalue weighted by Gasteiger charge is 2.41. The largest absolute Gasteiger partial charge is 0.486 e. The molecule has 0 saturated heterocycles. The minimum atomic E-state index is -1.13. The summed E-state index contributed by atoms with van der Waals surface area (Å²) in [5.74, 6) is -0.579. The van der Waals surface area contributed by atoms with Crippen molar-refractivity contribution in [1.29, 1.82) is 0 Å². The first-order chi connectivity index (χ1) is 9.23. The van der Waals surface area contributed by atoms with Gasteiger partial charge in [0.05, 0.1) is 12.2 Å². The Morgan fingerprint density at radius 2 is 2.15 bits per heavy atom. The second-order valence-corrected chi connectivity index (χ2v) is 5.99. The van der Waals surface area contributed by atoms with Gasteiger partial charge in [-0.25, -0.2) is 9.18 Å². The van der Waals surface area contributed by atoms with E-state index in [4.69, 9.17) is 4.74 Å². The SMILES string of the molecule is CC(C)C1CN(C(C)(C)C(=O)O)c2cc(F)ccc2O1. The van der Waals surface area contributed by atoms with Crippen LogP contribution in [0.4, 0.5) is 10.1 Å². The van der Waals surface area contributed by atoms with E-state index in [1.807, 2.05) is 13.8 Å². The quantitative estimate of drug-likeness (QED) is 0.925. The summed E-state index contributed by atoms with van der Waals surface area (Å²) in [5.41, 5.74) is -0.631. The topological polar surface area (TPSA) is 49.8 Å². The molecule has 1 N–H and O–H groups in total. The minimum Gasteiger partial charge on any atom is -0.486 e. The molecule has 0 saturated carbocycles. The summed E-state index contributed by atoms with van der Waals surface area (Å²) >= 11 is 0. The fourth-order valence-corrected chi connectivity index (χ4v) is 2.27. The zero-order valence-corrected chi connectivity index (χ0v) is 12.2. The average Bonchev–Trinajstić information content (AvgIpc) is 2.36. The second-order valence-electron chi connectivity index (χ2n) is 5.99. The highest BCUT2D eigenvalue weighted by Crippen LogP contribution is 2.39. The lowest BCUT2D eigenvalue weighted by Crippen LogP contribution is -2.56. The van der Waals surface area contributed by atoms with Crippen molar-refractivity contribution in [3.8, 4) is 5.75 Å². The number of halogens is 1. The van der Waals surface area contributed by atoms with E-state index in [2.05, 4.69) is 0 Å². The number of carboxylic acids is 1. The second kappa shape index (κ2) is 4.96. The summed E-state index contributed by atoms with van der Waals surface area (Å²) in [4.78, 5) is 13.2. The van der Waals surface area contributed by atoms with Crippen LogP contribution in [-0.2, 0) is 4.79 Å². The number of rotatable bonds is 3. The van der Waals surface area contributed by atoms with Gasteiger partial charge in [-0.3, -0.25) is 0 Å². The van der Waals surface area contributed by atoms with Crippen molar-refractivity contribution in [3.05, 3.63) is 24.0 Å². The van der Waals surface area contributed by atoms with Crippen LogP contribution in [0.2, 0.25) is 0 Å². The van der Waals surface area contributed by atoms with E-state index in [1.165, 1.54) is 12.1 Å². The molecule has 1 aliphatic rings. The molecule has 0 spiro atoms. The van der Waals surface area contributed by atoms with E-state index in [0.717, 1.165) is 0 Å². The van der Waals surface area contributed by atoms with Crippen LogP contribution in [0, 0.1) is 11.7 Å². The maximum absolute atomic E-state index is 13.5. The number of ether oxygens (including phenoxy) is 1. The van der Waals surface area contributed by atoms with E-state index in [1.54, 1.807) is 24.8 Å². The number of nitrogens with zero attached hydrogens (tertiary/aromatic N) is 1. The van der Waals surface area contributed by atoms with E-state index >= 15 is 0 Å². The molecule has 0 fully saturated rings. The number of carboxylic acid groups (broad SMARTS) is 1. The Morgan fingerprint density at radius 1 is 1.50 bits per heavy atom. The minimum absolute atomic E-state index is 0.119. The molecule has 1 atom stereocenters. The number of aliphatic carboxylic acids is 1. The Labute approximate surface area is 118 Å². The van der Waals surface area contributed by atoms with Crippen molar-refractivity contribution in [2.24, 2.45) is 5.92 Å². The summed E-state index contributed by atoms with van der Waals surface area (Å²) in [6, 6.07) is 4.22. The molecule has 0 radical (unpaired) electrons. The van der Waals surface area contributed by atoms with E-state index in [0.29, 0.717) is 18.0 Å². The number of hydrogen-bond acceptors (Lipinski definition) is 3. The summed E-state index contributed by atoms with van der Waals surface area (Å²) in [7, 11) is 0. The van der Waals surface area contributed by atoms with Gasteiger partial charge in [-0.2, -0.15) is 0 Å². The lowest BCUT2D eigenvalue weighted by Gasteiger charge is -2.44. The smallest absolute Gasteiger partial charge is 0.328 e. The number of hydrogen-bond donors (Lipinski definition) is 1. The number of carbonyl (C=O) groups is 1. The van der Waals surface area contributed by atoms with Gasteiger partial charge < -0.3 is 14.7 Å². The molecule has 0 aromatic heterocycles. The van der Waals surface area contributed by atoms with Crippen LogP contribution in [0.25, 0.3) is 0 Å². The van der Waals surface area contributed by atoms with Gasteiger partial charge in [-0.1, -0.05) is 13.8 Å². The standard InChI is InChI=1S/C15H20FNO3/c1-9(2)13-8-17(15(3,4)14(18)19)11-7-10(16)5-6-12(11)20-13/h5-7,9,13H,8H2,1-4H3,(H,18,19). The lowest BCUT2D eigenvalue weighted by atomic mass is 9.96. The van der Waals surface area contributed by atoms with E-state index in [9.17, 15) is 14.3 Å². The predicted molar refractivity (Wildman–Crippen MR) is 74.7 cm³/mol. The highest BCUT2D eigenvalue weighted by molar-refractivity contribution is 5.84. The maximum atomic E-state index is 13.5. The molecular weight excluding hydrogens is 261 g/mol. The molecule has 0 bridgehead atoms. The molecule has 5 heteroatoms. The first-order valence-corrected chi connectivity index (χ1v) is 6.70. The number of fused-ring (bicyclic) bond motifs is 1. The fourth-order valence-electron chi connectivity index (χ4n) is 2.27. The number of benzene rings is 1. The Hall–Kier alpha value is -1.78. The van der Waals surface area contributed by atoms with Crippen LogP contribution in [0.15, 0.2) is 18.2 Å². The molecule has 1 aliphatic heterocycles. The first-order valence-electron chi connectivity index (χ1n) is 6.70. The molecule has 1 aromatic carbocycles. The van der Waals surface area contributed by atoms with Crippen molar-refractivity contribution in [2.75, 3.05) is 11.4 Å². The molecule has 20 heavy (non-hydrogen) atoms. The van der Waals surface area contributed by atoms with Crippen molar-refractivity contribution < 1.29 is 19.0 Å². The zero-order valence-electron chi connectivity index (χ0n) is 12.2. The normalized spacial score (nSPS) is 18.7. The molecule has 110 valence electrons. The van der Waals surface area contributed by atoms with Gasteiger partial charge in [0, 0.05) is 6.07 Å². The molecule has 0 amide bonds. The molecule has 1 unspecified atom stereocenters. The van der Waals surface area contributed by atoms with E-state index in [-0.39, 0.29) is 12.0 Å². The maximum Gasteiger partial charge on any atom is 0.328 e. The van der Waals surface area contributed by atoms with Gasteiger partial charge in [-0.15, -0.1) is 0 Å². The monoisotopic (exact) mass is 281 g/mol. The Balaban J connectivity index is 2.50. The molecule has 1 heterocycles. The molecule has 1 aromatic rings. The summed E-state index contributed by atoms with van der Waals surface area (Å²) < 4.78 is 19.3. The number of anilines is 1. The van der Waals surface area contributed by atoms with Gasteiger partial charge in [0.25, 0.3) is 0 Å². The van der Waals surface area contributed by atoms with Gasteiger partial charge in [-0.05, 0) is 31.9 Å². The highest BCUT2D eigenvalue weighted by atomic mass is 19.1.